The highest BCUT2D eigenvalue weighted by Crippen LogP contribution is 2.43. The number of nitrogens with zero attached hydrogens (tertiary/aromatic N) is 4. The van der Waals surface area contributed by atoms with Gasteiger partial charge in [0.1, 0.15) is 28.5 Å². The fourth-order valence-corrected chi connectivity index (χ4v) is 6.93. The maximum absolute atomic E-state index is 12.9. The topological polar surface area (TPSA) is 67.5 Å². The first kappa shape index (κ1) is 28.5. The molecular formula is C29H27F6N5OS. The number of hydrogen-bond donors (Lipinski definition) is 1. The molecule has 2 fully saturated rings. The van der Waals surface area contributed by atoms with Gasteiger partial charge in [0.2, 0.25) is 0 Å². The fourth-order valence-electron chi connectivity index (χ4n) is 5.91. The summed E-state index contributed by atoms with van der Waals surface area (Å²) in [5.74, 6) is 1.32. The Hall–Kier alpha value is -3.58. The summed E-state index contributed by atoms with van der Waals surface area (Å²) in [5, 5.41) is 0.675. The number of nitrogens with two attached hydrogens (primary N) is 1. The van der Waals surface area contributed by atoms with Gasteiger partial charge in [0.25, 0.3) is 0 Å². The predicted molar refractivity (Wildman–Crippen MR) is 149 cm³/mol. The molecule has 2 aromatic carbocycles. The molecule has 0 radical (unpaired) electrons. The number of fused-ring (bicyclic) bond motifs is 1. The Balaban J connectivity index is 1.07. The molecule has 6 nitrogen and oxygen atoms in total. The number of likely N-dealkylation sites (tertiary alicyclic amines) is 1. The molecule has 2 aliphatic heterocycles. The summed E-state index contributed by atoms with van der Waals surface area (Å²) in [7, 11) is 0. The predicted octanol–water partition coefficient (Wildman–Crippen LogP) is 7.29. The summed E-state index contributed by atoms with van der Waals surface area (Å²) in [6.07, 6.45) is -6.31. The van der Waals surface area contributed by atoms with E-state index in [2.05, 4.69) is 19.8 Å². The van der Waals surface area contributed by atoms with Gasteiger partial charge in [0, 0.05) is 36.5 Å². The van der Waals surface area contributed by atoms with E-state index in [1.807, 2.05) is 12.1 Å². The molecule has 42 heavy (non-hydrogen) atoms. The Morgan fingerprint density at radius 1 is 0.929 bits per heavy atom. The van der Waals surface area contributed by atoms with Gasteiger partial charge in [-0.25, -0.2) is 9.97 Å². The molecule has 4 aromatic rings. The maximum atomic E-state index is 12.9. The number of hydrogen-bond acceptors (Lipinski definition) is 7. The van der Waals surface area contributed by atoms with E-state index in [4.69, 9.17) is 10.5 Å². The normalized spacial score (nSPS) is 19.8. The maximum Gasteiger partial charge on any atom is 0.416 e. The van der Waals surface area contributed by atoms with Crippen molar-refractivity contribution < 1.29 is 31.1 Å². The zero-order valence-electron chi connectivity index (χ0n) is 22.3. The summed E-state index contributed by atoms with van der Waals surface area (Å²) in [6.45, 7) is 4.10. The van der Waals surface area contributed by atoms with Crippen LogP contribution in [-0.2, 0) is 19.1 Å². The quantitative estimate of drug-likeness (QED) is 0.183. The van der Waals surface area contributed by atoms with Crippen LogP contribution in [0.3, 0.4) is 0 Å². The van der Waals surface area contributed by atoms with Crippen LogP contribution >= 0.6 is 11.3 Å². The van der Waals surface area contributed by atoms with Gasteiger partial charge in [-0.1, -0.05) is 12.1 Å². The molecule has 2 saturated heterocycles. The standard InChI is InChI=1S/C29H27F6N5OS/c30-28(31,32)13-21-12-22-25(37-17-38-26(22)42-21)40-10-8-27(16-40)7-9-39(15-27)14-18-1-4-20(5-2-18)41-24-6-3-19(11-23(24)36)29(33,34)35/h1-6,11-12,17H,7-10,13-16,36H2. The average Bonchev–Trinajstić information content (AvgIpc) is 3.63. The van der Waals surface area contributed by atoms with Crippen molar-refractivity contribution in [1.29, 1.82) is 0 Å². The first-order valence-corrected chi connectivity index (χ1v) is 14.2. The Morgan fingerprint density at radius 2 is 1.69 bits per heavy atom. The molecule has 1 atom stereocenters. The summed E-state index contributed by atoms with van der Waals surface area (Å²) in [6, 6.07) is 12.0. The van der Waals surface area contributed by atoms with E-state index in [9.17, 15) is 26.3 Å². The van der Waals surface area contributed by atoms with Crippen molar-refractivity contribution in [2.24, 2.45) is 5.41 Å². The minimum atomic E-state index is -4.48. The SMILES string of the molecule is Nc1cc(C(F)(F)F)ccc1Oc1ccc(CN2CCC3(CCN(c4ncnc5sc(CC(F)(F)F)cc45)C3)C2)cc1. The van der Waals surface area contributed by atoms with Crippen LogP contribution in [0.2, 0.25) is 0 Å². The van der Waals surface area contributed by atoms with Crippen LogP contribution in [-0.4, -0.2) is 47.2 Å². The Kier molecular flexibility index (Phi) is 7.20. The second-order valence-corrected chi connectivity index (χ2v) is 12.2. The summed E-state index contributed by atoms with van der Waals surface area (Å²) in [4.78, 5) is 14.0. The van der Waals surface area contributed by atoms with E-state index in [-0.39, 0.29) is 21.7 Å². The number of alkyl halides is 6. The van der Waals surface area contributed by atoms with Crippen LogP contribution in [0, 0.1) is 5.41 Å². The molecule has 2 N–H and O–H groups in total. The number of ether oxygens (including phenoxy) is 1. The molecule has 0 bridgehead atoms. The third-order valence-electron chi connectivity index (χ3n) is 7.88. The smallest absolute Gasteiger partial charge is 0.416 e. The third-order valence-corrected chi connectivity index (χ3v) is 8.93. The lowest BCUT2D eigenvalue weighted by Crippen LogP contribution is -2.31. The van der Waals surface area contributed by atoms with Crippen LogP contribution in [0.4, 0.5) is 37.8 Å². The molecule has 13 heteroatoms. The van der Waals surface area contributed by atoms with Crippen molar-refractivity contribution in [3.63, 3.8) is 0 Å². The van der Waals surface area contributed by atoms with E-state index in [0.717, 1.165) is 74.6 Å². The van der Waals surface area contributed by atoms with Crippen LogP contribution in [0.1, 0.15) is 28.8 Å². The average molecular weight is 608 g/mol. The lowest BCUT2D eigenvalue weighted by Gasteiger charge is -2.25. The van der Waals surface area contributed by atoms with E-state index in [1.54, 1.807) is 18.2 Å². The summed E-state index contributed by atoms with van der Waals surface area (Å²) >= 11 is 1.06. The first-order chi connectivity index (χ1) is 19.9. The van der Waals surface area contributed by atoms with Gasteiger partial charge in [-0.15, -0.1) is 11.3 Å². The van der Waals surface area contributed by atoms with Gasteiger partial charge < -0.3 is 15.4 Å². The third kappa shape index (κ3) is 6.12. The van der Waals surface area contributed by atoms with Gasteiger partial charge in [0.05, 0.1) is 23.1 Å². The second kappa shape index (κ2) is 10.6. The van der Waals surface area contributed by atoms with E-state index in [0.29, 0.717) is 21.8 Å². The van der Waals surface area contributed by atoms with Crippen molar-refractivity contribution >= 4 is 33.1 Å². The van der Waals surface area contributed by atoms with Gasteiger partial charge >= 0.3 is 12.4 Å². The van der Waals surface area contributed by atoms with Crippen molar-refractivity contribution in [3.05, 3.63) is 70.9 Å². The zero-order valence-corrected chi connectivity index (χ0v) is 23.1. The van der Waals surface area contributed by atoms with Crippen molar-refractivity contribution in [2.45, 2.75) is 38.2 Å². The number of aromatic nitrogens is 2. The number of thiophene rings is 1. The highest BCUT2D eigenvalue weighted by molar-refractivity contribution is 7.18. The monoisotopic (exact) mass is 607 g/mol. The molecule has 2 aromatic heterocycles. The highest BCUT2D eigenvalue weighted by Gasteiger charge is 2.44. The lowest BCUT2D eigenvalue weighted by molar-refractivity contribution is -0.137. The molecule has 0 aliphatic carbocycles. The number of nitrogen functional groups attached to an aromatic ring is 1. The van der Waals surface area contributed by atoms with Crippen LogP contribution in [0.15, 0.2) is 54.9 Å². The summed E-state index contributed by atoms with van der Waals surface area (Å²) < 4.78 is 83.2. The molecule has 0 amide bonds. The molecule has 0 saturated carbocycles. The minimum absolute atomic E-state index is 0.0747. The van der Waals surface area contributed by atoms with E-state index in [1.165, 1.54) is 12.4 Å². The lowest BCUT2D eigenvalue weighted by atomic mass is 9.86. The summed E-state index contributed by atoms with van der Waals surface area (Å²) in [5.41, 5.74) is 6.00. The van der Waals surface area contributed by atoms with Crippen molar-refractivity contribution in [2.75, 3.05) is 36.8 Å². The van der Waals surface area contributed by atoms with E-state index < -0.39 is 24.3 Å². The van der Waals surface area contributed by atoms with Crippen LogP contribution in [0.5, 0.6) is 11.5 Å². The second-order valence-electron chi connectivity index (χ2n) is 11.0. The fraction of sp³-hybridized carbons (Fsp3) is 0.379. The Bertz CT molecular complexity index is 1590. The van der Waals surface area contributed by atoms with Crippen molar-refractivity contribution in [1.82, 2.24) is 14.9 Å². The van der Waals surface area contributed by atoms with Crippen LogP contribution in [0.25, 0.3) is 10.2 Å². The molecule has 2 aliphatic rings. The molecule has 222 valence electrons. The molecule has 6 rings (SSSR count). The Labute approximate surface area is 241 Å². The van der Waals surface area contributed by atoms with Gasteiger partial charge in [-0.2, -0.15) is 26.3 Å². The number of halogens is 6. The number of anilines is 2. The van der Waals surface area contributed by atoms with Crippen LogP contribution < -0.4 is 15.4 Å². The molecule has 4 heterocycles. The van der Waals surface area contributed by atoms with Gasteiger partial charge in [-0.05, 0) is 61.3 Å². The molecule has 1 unspecified atom stereocenters. The molecular weight excluding hydrogens is 580 g/mol. The number of benzene rings is 2. The number of rotatable bonds is 6. The largest absolute Gasteiger partial charge is 0.455 e. The van der Waals surface area contributed by atoms with Gasteiger partial charge in [0.15, 0.2) is 0 Å². The zero-order chi connectivity index (χ0) is 29.7. The Morgan fingerprint density at radius 3 is 2.40 bits per heavy atom. The molecule has 1 spiro atoms. The highest BCUT2D eigenvalue weighted by atomic mass is 32.1. The first-order valence-electron chi connectivity index (χ1n) is 13.4. The van der Waals surface area contributed by atoms with Crippen molar-refractivity contribution in [3.8, 4) is 11.5 Å². The van der Waals surface area contributed by atoms with E-state index >= 15 is 0 Å². The van der Waals surface area contributed by atoms with Gasteiger partial charge in [-0.3, -0.25) is 4.90 Å². The minimum Gasteiger partial charge on any atom is -0.455 e.